The van der Waals surface area contributed by atoms with Gasteiger partial charge in [-0.05, 0) is 23.6 Å². The number of anilines is 1. The van der Waals surface area contributed by atoms with E-state index in [4.69, 9.17) is 0 Å². The van der Waals surface area contributed by atoms with Crippen molar-refractivity contribution in [3.05, 3.63) is 52.4 Å². The number of carbonyl (C=O) groups excluding carboxylic acids is 1. The van der Waals surface area contributed by atoms with E-state index in [1.165, 1.54) is 11.3 Å². The molecule has 0 aliphatic carbocycles. The van der Waals surface area contributed by atoms with Gasteiger partial charge >= 0.3 is 0 Å². The number of pyridine rings is 1. The maximum atomic E-state index is 12.0. The lowest BCUT2D eigenvalue weighted by molar-refractivity contribution is 0.102. The molecule has 0 saturated carbocycles. The number of nitrogens with zero attached hydrogens (tertiary/aromatic N) is 2. The van der Waals surface area contributed by atoms with Crippen molar-refractivity contribution in [1.82, 2.24) is 9.97 Å². The zero-order chi connectivity index (χ0) is 13.1. The molecule has 3 rings (SSSR count). The van der Waals surface area contributed by atoms with E-state index in [1.54, 1.807) is 41.2 Å². The molecular weight excluding hydrogens is 278 g/mol. The summed E-state index contributed by atoms with van der Waals surface area (Å²) >= 11 is 3.08. The van der Waals surface area contributed by atoms with Gasteiger partial charge in [0.05, 0.1) is 11.9 Å². The minimum atomic E-state index is -0.217. The van der Waals surface area contributed by atoms with Crippen LogP contribution in [-0.2, 0) is 0 Å². The molecule has 0 saturated heterocycles. The van der Waals surface area contributed by atoms with Crippen molar-refractivity contribution in [3.8, 4) is 10.6 Å². The van der Waals surface area contributed by atoms with Crippen molar-refractivity contribution >= 4 is 34.3 Å². The second-order valence-corrected chi connectivity index (χ2v) is 5.38. The number of aromatic nitrogens is 2. The second-order valence-electron chi connectivity index (χ2n) is 3.75. The Labute approximate surface area is 117 Å². The molecule has 0 aliphatic rings. The molecule has 3 heterocycles. The van der Waals surface area contributed by atoms with Gasteiger partial charge in [-0.2, -0.15) is 11.3 Å². The van der Waals surface area contributed by atoms with E-state index >= 15 is 0 Å². The maximum Gasteiger partial charge on any atom is 0.275 e. The molecule has 6 heteroatoms. The predicted octanol–water partition coefficient (Wildman–Crippen LogP) is 3.52. The predicted molar refractivity (Wildman–Crippen MR) is 77.6 cm³/mol. The van der Waals surface area contributed by atoms with E-state index in [0.29, 0.717) is 11.4 Å². The normalized spacial score (nSPS) is 10.3. The summed E-state index contributed by atoms with van der Waals surface area (Å²) in [6, 6.07) is 5.55. The third kappa shape index (κ3) is 2.69. The van der Waals surface area contributed by atoms with Gasteiger partial charge in [0, 0.05) is 22.5 Å². The molecule has 0 unspecified atom stereocenters. The van der Waals surface area contributed by atoms with Gasteiger partial charge in [-0.15, -0.1) is 11.3 Å². The fourth-order valence-corrected chi connectivity index (χ4v) is 3.04. The van der Waals surface area contributed by atoms with Crippen LogP contribution < -0.4 is 5.32 Å². The zero-order valence-corrected chi connectivity index (χ0v) is 11.4. The molecule has 4 nitrogen and oxygen atoms in total. The largest absolute Gasteiger partial charge is 0.319 e. The minimum absolute atomic E-state index is 0.217. The van der Waals surface area contributed by atoms with Crippen molar-refractivity contribution in [3.63, 3.8) is 0 Å². The molecule has 0 aromatic carbocycles. The first-order chi connectivity index (χ1) is 9.33. The van der Waals surface area contributed by atoms with Crippen molar-refractivity contribution < 1.29 is 4.79 Å². The smallest absolute Gasteiger partial charge is 0.275 e. The SMILES string of the molecule is O=C(Nc1cccnc1)c1csc(-c2ccsc2)n1. The number of nitrogens with one attached hydrogen (secondary N) is 1. The van der Waals surface area contributed by atoms with Gasteiger partial charge in [-0.3, -0.25) is 9.78 Å². The van der Waals surface area contributed by atoms with Gasteiger partial charge in [0.25, 0.3) is 5.91 Å². The Morgan fingerprint density at radius 2 is 2.21 bits per heavy atom. The molecule has 0 atom stereocenters. The van der Waals surface area contributed by atoms with Crippen LogP contribution in [0.1, 0.15) is 10.5 Å². The Morgan fingerprint density at radius 1 is 1.26 bits per heavy atom. The van der Waals surface area contributed by atoms with Crippen LogP contribution in [0.5, 0.6) is 0 Å². The van der Waals surface area contributed by atoms with E-state index in [-0.39, 0.29) is 5.91 Å². The molecule has 3 aromatic heterocycles. The van der Waals surface area contributed by atoms with E-state index in [2.05, 4.69) is 15.3 Å². The number of amides is 1. The Kier molecular flexibility index (Phi) is 3.35. The lowest BCUT2D eigenvalue weighted by Crippen LogP contribution is -2.12. The van der Waals surface area contributed by atoms with Crippen molar-refractivity contribution in [2.45, 2.75) is 0 Å². The van der Waals surface area contributed by atoms with E-state index in [1.807, 2.05) is 16.8 Å². The highest BCUT2D eigenvalue weighted by Gasteiger charge is 2.12. The van der Waals surface area contributed by atoms with Gasteiger partial charge in [0.2, 0.25) is 0 Å². The molecule has 0 bridgehead atoms. The average molecular weight is 287 g/mol. The molecule has 0 radical (unpaired) electrons. The van der Waals surface area contributed by atoms with Crippen molar-refractivity contribution in [1.29, 1.82) is 0 Å². The topological polar surface area (TPSA) is 54.9 Å². The Hall–Kier alpha value is -2.05. The summed E-state index contributed by atoms with van der Waals surface area (Å²) in [5.41, 5.74) is 2.14. The summed E-state index contributed by atoms with van der Waals surface area (Å²) in [5.74, 6) is -0.217. The first-order valence-corrected chi connectivity index (χ1v) is 7.34. The lowest BCUT2D eigenvalue weighted by Gasteiger charge is -2.01. The van der Waals surface area contributed by atoms with Gasteiger partial charge in [-0.1, -0.05) is 0 Å². The number of thiazole rings is 1. The van der Waals surface area contributed by atoms with Gasteiger partial charge in [0.15, 0.2) is 0 Å². The highest BCUT2D eigenvalue weighted by atomic mass is 32.1. The summed E-state index contributed by atoms with van der Waals surface area (Å²) in [6.45, 7) is 0. The molecule has 0 spiro atoms. The summed E-state index contributed by atoms with van der Waals surface area (Å²) < 4.78 is 0. The first kappa shape index (κ1) is 12.0. The quantitative estimate of drug-likeness (QED) is 0.802. The monoisotopic (exact) mass is 287 g/mol. The van der Waals surface area contributed by atoms with Crippen LogP contribution in [-0.4, -0.2) is 15.9 Å². The number of carbonyl (C=O) groups is 1. The minimum Gasteiger partial charge on any atom is -0.319 e. The Bertz CT molecular complexity index is 677. The molecule has 3 aromatic rings. The van der Waals surface area contributed by atoms with Crippen LogP contribution in [0.4, 0.5) is 5.69 Å². The van der Waals surface area contributed by atoms with E-state index in [9.17, 15) is 4.79 Å². The molecule has 0 fully saturated rings. The van der Waals surface area contributed by atoms with E-state index in [0.717, 1.165) is 10.6 Å². The first-order valence-electron chi connectivity index (χ1n) is 5.52. The molecule has 94 valence electrons. The molecule has 0 aliphatic heterocycles. The lowest BCUT2D eigenvalue weighted by atomic mass is 10.3. The Morgan fingerprint density at radius 3 is 2.95 bits per heavy atom. The van der Waals surface area contributed by atoms with Crippen LogP contribution in [0, 0.1) is 0 Å². The molecular formula is C13H9N3OS2. The summed E-state index contributed by atoms with van der Waals surface area (Å²) in [7, 11) is 0. The van der Waals surface area contributed by atoms with Gasteiger partial charge in [0.1, 0.15) is 10.7 Å². The van der Waals surface area contributed by atoms with Crippen LogP contribution >= 0.6 is 22.7 Å². The summed E-state index contributed by atoms with van der Waals surface area (Å²) in [5, 5.41) is 9.39. The highest BCUT2D eigenvalue weighted by Crippen LogP contribution is 2.25. The van der Waals surface area contributed by atoms with Gasteiger partial charge < -0.3 is 5.32 Å². The van der Waals surface area contributed by atoms with Crippen LogP contribution in [0.15, 0.2) is 46.7 Å². The molecule has 1 amide bonds. The second kappa shape index (κ2) is 5.29. The standard InChI is InChI=1S/C13H9N3OS2/c17-12(15-10-2-1-4-14-6-10)11-8-19-13(16-11)9-3-5-18-7-9/h1-8H,(H,15,17). The average Bonchev–Trinajstić information content (AvgIpc) is 3.11. The fourth-order valence-electron chi connectivity index (χ4n) is 1.53. The van der Waals surface area contributed by atoms with Crippen molar-refractivity contribution in [2.75, 3.05) is 5.32 Å². The van der Waals surface area contributed by atoms with Crippen LogP contribution in [0.2, 0.25) is 0 Å². The maximum absolute atomic E-state index is 12.0. The Balaban J connectivity index is 1.78. The number of hydrogen-bond donors (Lipinski definition) is 1. The van der Waals surface area contributed by atoms with Crippen LogP contribution in [0.25, 0.3) is 10.6 Å². The highest BCUT2D eigenvalue weighted by molar-refractivity contribution is 7.14. The summed E-state index contributed by atoms with van der Waals surface area (Å²) in [4.78, 5) is 20.3. The number of hydrogen-bond acceptors (Lipinski definition) is 5. The van der Waals surface area contributed by atoms with Gasteiger partial charge in [-0.25, -0.2) is 4.98 Å². The van der Waals surface area contributed by atoms with E-state index < -0.39 is 0 Å². The molecule has 19 heavy (non-hydrogen) atoms. The third-order valence-corrected chi connectivity index (χ3v) is 4.00. The molecule has 1 N–H and O–H groups in total. The number of thiophene rings is 1. The third-order valence-electron chi connectivity index (χ3n) is 2.42. The fraction of sp³-hybridized carbons (Fsp3) is 0. The zero-order valence-electron chi connectivity index (χ0n) is 9.74. The summed E-state index contributed by atoms with van der Waals surface area (Å²) in [6.07, 6.45) is 3.26. The van der Waals surface area contributed by atoms with Crippen molar-refractivity contribution in [2.24, 2.45) is 0 Å². The number of rotatable bonds is 3. The van der Waals surface area contributed by atoms with Crippen LogP contribution in [0.3, 0.4) is 0 Å².